The van der Waals surface area contributed by atoms with E-state index in [9.17, 15) is 4.79 Å². The monoisotopic (exact) mass is 442 g/mol. The minimum Gasteiger partial charge on any atom is -0.464 e. The summed E-state index contributed by atoms with van der Waals surface area (Å²) in [6.45, 7) is 3.80. The maximum atomic E-state index is 10.9. The Hall–Kier alpha value is -0.350. The summed E-state index contributed by atoms with van der Waals surface area (Å²) in [5.41, 5.74) is 1.16. The molecule has 0 spiro atoms. The van der Waals surface area contributed by atoms with Gasteiger partial charge in [-0.25, -0.2) is 14.8 Å². The van der Waals surface area contributed by atoms with Crippen molar-refractivity contribution in [3.05, 3.63) is 29.0 Å². The predicted octanol–water partition coefficient (Wildman–Crippen LogP) is 3.71. The molecule has 110 valence electrons. The Balaban J connectivity index is 0.000000204. The molecule has 0 saturated carbocycles. The van der Waals surface area contributed by atoms with Crippen molar-refractivity contribution in [3.63, 3.8) is 0 Å². The predicted molar refractivity (Wildman–Crippen MR) is 86.4 cm³/mol. The molecule has 9 heteroatoms. The Kier molecular flexibility index (Phi) is 7.24. The lowest BCUT2D eigenvalue weighted by molar-refractivity contribution is 0.0594. The van der Waals surface area contributed by atoms with Gasteiger partial charge in [0.1, 0.15) is 0 Å². The number of nitrogens with zero attached hydrogens (tertiary/aromatic N) is 2. The van der Waals surface area contributed by atoms with Crippen molar-refractivity contribution in [3.8, 4) is 0 Å². The largest absolute Gasteiger partial charge is 0.464 e. The SMILES string of the molecule is COC(=O)c1nc(Br)sc1C.Cc1sc(Br)nc1CO. The molecule has 0 aliphatic rings. The summed E-state index contributed by atoms with van der Waals surface area (Å²) in [6, 6.07) is 0. The summed E-state index contributed by atoms with van der Waals surface area (Å²) in [7, 11) is 1.34. The van der Waals surface area contributed by atoms with Crippen LogP contribution in [0.1, 0.15) is 25.9 Å². The molecular formula is C11H12Br2N2O3S2. The number of ether oxygens (including phenoxy) is 1. The van der Waals surface area contributed by atoms with E-state index in [1.54, 1.807) is 0 Å². The number of esters is 1. The van der Waals surface area contributed by atoms with Gasteiger partial charge in [-0.3, -0.25) is 0 Å². The number of carbonyl (C=O) groups excluding carboxylic acids is 1. The molecule has 5 nitrogen and oxygen atoms in total. The third-order valence-electron chi connectivity index (χ3n) is 2.17. The first-order chi connectivity index (χ1) is 9.38. The molecule has 2 rings (SSSR count). The van der Waals surface area contributed by atoms with Crippen LogP contribution >= 0.6 is 54.5 Å². The van der Waals surface area contributed by atoms with Gasteiger partial charge in [0.2, 0.25) is 0 Å². The summed E-state index contributed by atoms with van der Waals surface area (Å²) in [5, 5.41) is 8.66. The van der Waals surface area contributed by atoms with Gasteiger partial charge in [0.25, 0.3) is 0 Å². The fourth-order valence-electron chi connectivity index (χ4n) is 1.19. The minimum absolute atomic E-state index is 0.0356. The zero-order valence-electron chi connectivity index (χ0n) is 10.9. The molecule has 0 unspecified atom stereocenters. The van der Waals surface area contributed by atoms with Crippen LogP contribution < -0.4 is 0 Å². The van der Waals surface area contributed by atoms with Crippen molar-refractivity contribution in [1.29, 1.82) is 0 Å². The number of halogens is 2. The van der Waals surface area contributed by atoms with Crippen LogP contribution in [-0.4, -0.2) is 28.2 Å². The zero-order valence-corrected chi connectivity index (χ0v) is 15.7. The first-order valence-electron chi connectivity index (χ1n) is 5.33. The van der Waals surface area contributed by atoms with E-state index in [0.717, 1.165) is 19.4 Å². The first kappa shape index (κ1) is 17.7. The molecular weight excluding hydrogens is 432 g/mol. The van der Waals surface area contributed by atoms with E-state index in [-0.39, 0.29) is 12.6 Å². The molecule has 0 aliphatic carbocycles. The maximum absolute atomic E-state index is 10.9. The number of thiazole rings is 2. The maximum Gasteiger partial charge on any atom is 0.357 e. The first-order valence-corrected chi connectivity index (χ1v) is 8.54. The van der Waals surface area contributed by atoms with Crippen molar-refractivity contribution in [2.24, 2.45) is 0 Å². The number of hydrogen-bond donors (Lipinski definition) is 1. The van der Waals surface area contributed by atoms with Crippen LogP contribution in [0.25, 0.3) is 0 Å². The molecule has 2 aromatic rings. The highest BCUT2D eigenvalue weighted by atomic mass is 79.9. The van der Waals surface area contributed by atoms with E-state index in [1.807, 2.05) is 13.8 Å². The number of rotatable bonds is 2. The van der Waals surface area contributed by atoms with Gasteiger partial charge >= 0.3 is 5.97 Å². The molecule has 0 radical (unpaired) electrons. The van der Waals surface area contributed by atoms with Crippen molar-refractivity contribution in [1.82, 2.24) is 9.97 Å². The summed E-state index contributed by atoms with van der Waals surface area (Å²) in [6.07, 6.45) is 0. The fraction of sp³-hybridized carbons (Fsp3) is 0.364. The number of aliphatic hydroxyl groups excluding tert-OH is 1. The van der Waals surface area contributed by atoms with Crippen molar-refractivity contribution in [2.45, 2.75) is 20.5 Å². The van der Waals surface area contributed by atoms with Gasteiger partial charge in [-0.1, -0.05) is 0 Å². The highest BCUT2D eigenvalue weighted by molar-refractivity contribution is 9.11. The fourth-order valence-corrected chi connectivity index (χ4v) is 4.29. The van der Waals surface area contributed by atoms with Crippen molar-refractivity contribution in [2.75, 3.05) is 7.11 Å². The molecule has 2 aromatic heterocycles. The van der Waals surface area contributed by atoms with Crippen LogP contribution in [0.15, 0.2) is 7.83 Å². The van der Waals surface area contributed by atoms with Gasteiger partial charge in [-0.2, -0.15) is 0 Å². The molecule has 2 heterocycles. The standard InChI is InChI=1S/C6H6BrNO2S.C5H6BrNOS/c1-3-4(5(9)10-2)8-6(7)11-3;1-3-4(2-8)7-5(6)9-3/h1-2H3;8H,2H2,1H3. The lowest BCUT2D eigenvalue weighted by Crippen LogP contribution is -2.02. The second-order valence-corrected chi connectivity index (χ2v) is 8.45. The topological polar surface area (TPSA) is 72.3 Å². The number of aryl methyl sites for hydroxylation is 2. The summed E-state index contributed by atoms with van der Waals surface area (Å²) < 4.78 is 6.06. The van der Waals surface area contributed by atoms with Gasteiger partial charge in [0.05, 0.1) is 19.4 Å². The highest BCUT2D eigenvalue weighted by Gasteiger charge is 2.13. The lowest BCUT2D eigenvalue weighted by atomic mass is 10.4. The van der Waals surface area contributed by atoms with Crippen LogP contribution in [0.4, 0.5) is 0 Å². The summed E-state index contributed by atoms with van der Waals surface area (Å²) in [5.74, 6) is -0.385. The molecule has 0 amide bonds. The Bertz CT molecular complexity index is 599. The number of aromatic nitrogens is 2. The van der Waals surface area contributed by atoms with E-state index < -0.39 is 0 Å². The lowest BCUT2D eigenvalue weighted by Gasteiger charge is -1.92. The van der Waals surface area contributed by atoms with Gasteiger partial charge < -0.3 is 9.84 Å². The van der Waals surface area contributed by atoms with Crippen LogP contribution in [0.5, 0.6) is 0 Å². The van der Waals surface area contributed by atoms with Gasteiger partial charge in [-0.15, -0.1) is 22.7 Å². The van der Waals surface area contributed by atoms with E-state index in [2.05, 4.69) is 46.6 Å². The molecule has 20 heavy (non-hydrogen) atoms. The average molecular weight is 444 g/mol. The number of hydrogen-bond acceptors (Lipinski definition) is 7. The van der Waals surface area contributed by atoms with E-state index >= 15 is 0 Å². The molecule has 0 aliphatic heterocycles. The third-order valence-corrected chi connectivity index (χ3v) is 5.05. The van der Waals surface area contributed by atoms with Gasteiger partial charge in [0, 0.05) is 9.75 Å². The summed E-state index contributed by atoms with van der Waals surface area (Å²) in [4.78, 5) is 20.8. The van der Waals surface area contributed by atoms with Gasteiger partial charge in [0.15, 0.2) is 13.5 Å². The van der Waals surface area contributed by atoms with E-state index in [0.29, 0.717) is 9.61 Å². The van der Waals surface area contributed by atoms with Crippen LogP contribution in [0, 0.1) is 13.8 Å². The molecule has 0 fully saturated rings. The molecule has 1 N–H and O–H groups in total. The van der Waals surface area contributed by atoms with Crippen LogP contribution in [-0.2, 0) is 11.3 Å². The van der Waals surface area contributed by atoms with Crippen molar-refractivity contribution < 1.29 is 14.6 Å². The number of aliphatic hydroxyl groups is 1. The number of carbonyl (C=O) groups is 1. The molecule has 0 atom stereocenters. The Morgan fingerprint density at radius 1 is 1.20 bits per heavy atom. The highest BCUT2D eigenvalue weighted by Crippen LogP contribution is 2.22. The smallest absolute Gasteiger partial charge is 0.357 e. The minimum atomic E-state index is -0.385. The second kappa shape index (κ2) is 8.18. The van der Waals surface area contributed by atoms with Crippen molar-refractivity contribution >= 4 is 60.5 Å². The van der Waals surface area contributed by atoms with E-state index in [1.165, 1.54) is 29.8 Å². The van der Waals surface area contributed by atoms with Crippen LogP contribution in [0.2, 0.25) is 0 Å². The van der Waals surface area contributed by atoms with Crippen LogP contribution in [0.3, 0.4) is 0 Å². The molecule has 0 saturated heterocycles. The molecule has 0 aromatic carbocycles. The number of methoxy groups -OCH3 is 1. The van der Waals surface area contributed by atoms with E-state index in [4.69, 9.17) is 5.11 Å². The summed E-state index contributed by atoms with van der Waals surface area (Å²) >= 11 is 9.36. The molecule has 0 bridgehead atoms. The third kappa shape index (κ3) is 4.88. The second-order valence-electron chi connectivity index (χ2n) is 3.49. The Morgan fingerprint density at radius 2 is 1.75 bits per heavy atom. The Morgan fingerprint density at radius 3 is 2.05 bits per heavy atom. The van der Waals surface area contributed by atoms with Gasteiger partial charge in [-0.05, 0) is 45.7 Å². The average Bonchev–Trinajstić information content (AvgIpc) is 2.90. The quantitative estimate of drug-likeness (QED) is 0.716. The zero-order chi connectivity index (χ0) is 15.3. The Labute approximate surface area is 141 Å². The normalized spacial score (nSPS) is 9.90.